The summed E-state index contributed by atoms with van der Waals surface area (Å²) < 4.78 is 18.9. The molecule has 1 heterocycles. The third-order valence-electron chi connectivity index (χ3n) is 3.24. The monoisotopic (exact) mass is 300 g/mol. The van der Waals surface area contributed by atoms with E-state index in [1.807, 2.05) is 0 Å². The number of ether oxygens (including phenoxy) is 1. The molecular formula is C16H13FN2O3. The van der Waals surface area contributed by atoms with E-state index in [1.54, 1.807) is 31.2 Å². The summed E-state index contributed by atoms with van der Waals surface area (Å²) in [6.45, 7) is 1.76. The maximum absolute atomic E-state index is 13.7. The van der Waals surface area contributed by atoms with Crippen LogP contribution in [0.25, 0.3) is 0 Å². The van der Waals surface area contributed by atoms with Gasteiger partial charge in [0.15, 0.2) is 6.61 Å². The summed E-state index contributed by atoms with van der Waals surface area (Å²) >= 11 is 0. The number of hydrogen-bond acceptors (Lipinski definition) is 3. The van der Waals surface area contributed by atoms with Crippen LogP contribution in [0.4, 0.5) is 15.8 Å². The van der Waals surface area contributed by atoms with Gasteiger partial charge in [0.1, 0.15) is 11.6 Å². The number of anilines is 2. The van der Waals surface area contributed by atoms with Gasteiger partial charge in [-0.05, 0) is 42.8 Å². The average Bonchev–Trinajstić information content (AvgIpc) is 2.50. The van der Waals surface area contributed by atoms with Gasteiger partial charge in [-0.2, -0.15) is 0 Å². The number of rotatable bonds is 2. The molecule has 2 amide bonds. The van der Waals surface area contributed by atoms with Crippen LogP contribution in [0.15, 0.2) is 36.4 Å². The number of hydrogen-bond donors (Lipinski definition) is 2. The molecule has 0 saturated heterocycles. The van der Waals surface area contributed by atoms with Crippen LogP contribution in [0.3, 0.4) is 0 Å². The van der Waals surface area contributed by atoms with E-state index in [0.717, 1.165) is 5.56 Å². The molecule has 1 aliphatic heterocycles. The molecule has 112 valence electrons. The molecule has 22 heavy (non-hydrogen) atoms. The van der Waals surface area contributed by atoms with Gasteiger partial charge in [0.2, 0.25) is 0 Å². The smallest absolute Gasteiger partial charge is 0.262 e. The van der Waals surface area contributed by atoms with Crippen LogP contribution < -0.4 is 15.4 Å². The Morgan fingerprint density at radius 3 is 2.91 bits per heavy atom. The second-order valence-corrected chi connectivity index (χ2v) is 4.99. The van der Waals surface area contributed by atoms with Crippen molar-refractivity contribution in [3.63, 3.8) is 0 Å². The molecule has 6 heteroatoms. The molecule has 0 unspecified atom stereocenters. The zero-order valence-electron chi connectivity index (χ0n) is 11.8. The van der Waals surface area contributed by atoms with E-state index in [2.05, 4.69) is 10.6 Å². The Labute approximate surface area is 126 Å². The zero-order chi connectivity index (χ0) is 15.7. The first-order chi connectivity index (χ1) is 10.5. The Morgan fingerprint density at radius 2 is 2.09 bits per heavy atom. The fourth-order valence-corrected chi connectivity index (χ4v) is 2.15. The first-order valence-electron chi connectivity index (χ1n) is 6.67. The predicted octanol–water partition coefficient (Wildman–Crippen LogP) is 2.72. The lowest BCUT2D eigenvalue weighted by Gasteiger charge is -2.18. The van der Waals surface area contributed by atoms with Gasteiger partial charge in [-0.25, -0.2) is 4.39 Å². The molecule has 2 aromatic carbocycles. The normalized spacial score (nSPS) is 12.9. The minimum Gasteiger partial charge on any atom is -0.482 e. The van der Waals surface area contributed by atoms with Crippen LogP contribution in [-0.2, 0) is 4.79 Å². The third kappa shape index (κ3) is 2.76. The quantitative estimate of drug-likeness (QED) is 0.896. The summed E-state index contributed by atoms with van der Waals surface area (Å²) in [6, 6.07) is 9.12. The molecule has 0 bridgehead atoms. The molecule has 0 spiro atoms. The molecule has 0 saturated carbocycles. The summed E-state index contributed by atoms with van der Waals surface area (Å²) in [5, 5.41) is 5.14. The van der Waals surface area contributed by atoms with E-state index in [1.165, 1.54) is 12.1 Å². The van der Waals surface area contributed by atoms with Crippen molar-refractivity contribution in [2.45, 2.75) is 6.92 Å². The van der Waals surface area contributed by atoms with E-state index in [9.17, 15) is 14.0 Å². The molecule has 3 rings (SSSR count). The number of carbonyl (C=O) groups excluding carboxylic acids is 2. The number of benzene rings is 2. The summed E-state index contributed by atoms with van der Waals surface area (Å²) in [7, 11) is 0. The second-order valence-electron chi connectivity index (χ2n) is 4.99. The van der Waals surface area contributed by atoms with Gasteiger partial charge in [-0.15, -0.1) is 0 Å². The number of fused-ring (bicyclic) bond motifs is 1. The lowest BCUT2D eigenvalue weighted by molar-refractivity contribution is -0.118. The number of carbonyl (C=O) groups is 2. The fraction of sp³-hybridized carbons (Fsp3) is 0.125. The number of halogens is 1. The Bertz CT molecular complexity index is 774. The zero-order valence-corrected chi connectivity index (χ0v) is 11.8. The van der Waals surface area contributed by atoms with Crippen molar-refractivity contribution in [3.8, 4) is 5.75 Å². The molecule has 0 aromatic heterocycles. The van der Waals surface area contributed by atoms with Crippen molar-refractivity contribution in [1.82, 2.24) is 0 Å². The first-order valence-corrected chi connectivity index (χ1v) is 6.67. The van der Waals surface area contributed by atoms with Crippen molar-refractivity contribution in [1.29, 1.82) is 0 Å². The van der Waals surface area contributed by atoms with E-state index in [-0.39, 0.29) is 18.2 Å². The van der Waals surface area contributed by atoms with Crippen LogP contribution in [0.1, 0.15) is 15.9 Å². The van der Waals surface area contributed by atoms with Gasteiger partial charge in [-0.3, -0.25) is 9.59 Å². The number of amides is 2. The third-order valence-corrected chi connectivity index (χ3v) is 3.24. The van der Waals surface area contributed by atoms with Crippen molar-refractivity contribution < 1.29 is 18.7 Å². The minimum absolute atomic E-state index is 0.0486. The standard InChI is InChI=1S/C16H13FN2O3/c1-9-2-4-11(17)12(6-9)19-16(21)10-3-5-14-13(7-10)18-15(20)8-22-14/h2-7H,8H2,1H3,(H,18,20)(H,19,21). The van der Waals surface area contributed by atoms with Gasteiger partial charge in [0.05, 0.1) is 11.4 Å². The maximum atomic E-state index is 13.7. The summed E-state index contributed by atoms with van der Waals surface area (Å²) in [5.74, 6) is -0.756. The predicted molar refractivity (Wildman–Crippen MR) is 79.7 cm³/mol. The SMILES string of the molecule is Cc1ccc(F)c(NC(=O)c2ccc3c(c2)NC(=O)CO3)c1. The molecule has 5 nitrogen and oxygen atoms in total. The highest BCUT2D eigenvalue weighted by Crippen LogP contribution is 2.28. The van der Waals surface area contributed by atoms with E-state index >= 15 is 0 Å². The van der Waals surface area contributed by atoms with Crippen LogP contribution in [0.5, 0.6) is 5.75 Å². The van der Waals surface area contributed by atoms with Gasteiger partial charge in [0.25, 0.3) is 11.8 Å². The Kier molecular flexibility index (Phi) is 3.50. The van der Waals surface area contributed by atoms with E-state index < -0.39 is 11.7 Å². The average molecular weight is 300 g/mol. The molecule has 0 aliphatic carbocycles. The molecular weight excluding hydrogens is 287 g/mol. The minimum atomic E-state index is -0.506. The summed E-state index contributed by atoms with van der Waals surface area (Å²) in [5.41, 5.74) is 1.67. The van der Waals surface area contributed by atoms with Crippen LogP contribution in [0, 0.1) is 12.7 Å². The highest BCUT2D eigenvalue weighted by atomic mass is 19.1. The van der Waals surface area contributed by atoms with Gasteiger partial charge >= 0.3 is 0 Å². The van der Waals surface area contributed by atoms with Gasteiger partial charge in [0, 0.05) is 5.56 Å². The Balaban J connectivity index is 1.85. The lowest BCUT2D eigenvalue weighted by atomic mass is 10.1. The molecule has 2 N–H and O–H groups in total. The topological polar surface area (TPSA) is 67.4 Å². The first kappa shape index (κ1) is 14.1. The summed E-state index contributed by atoms with van der Waals surface area (Å²) in [4.78, 5) is 23.5. The van der Waals surface area contributed by atoms with Gasteiger partial charge < -0.3 is 15.4 Å². The van der Waals surface area contributed by atoms with Crippen LogP contribution >= 0.6 is 0 Å². The Morgan fingerprint density at radius 1 is 1.27 bits per heavy atom. The number of aryl methyl sites for hydroxylation is 1. The lowest BCUT2D eigenvalue weighted by Crippen LogP contribution is -2.25. The van der Waals surface area contributed by atoms with Crippen LogP contribution in [-0.4, -0.2) is 18.4 Å². The van der Waals surface area contributed by atoms with E-state index in [4.69, 9.17) is 4.74 Å². The Hall–Kier alpha value is -2.89. The highest BCUT2D eigenvalue weighted by molar-refractivity contribution is 6.06. The van der Waals surface area contributed by atoms with Crippen molar-refractivity contribution in [2.75, 3.05) is 17.2 Å². The maximum Gasteiger partial charge on any atom is 0.262 e. The molecule has 1 aliphatic rings. The van der Waals surface area contributed by atoms with Crippen molar-refractivity contribution >= 4 is 23.2 Å². The molecule has 2 aromatic rings. The van der Waals surface area contributed by atoms with Crippen LogP contribution in [0.2, 0.25) is 0 Å². The highest BCUT2D eigenvalue weighted by Gasteiger charge is 2.18. The largest absolute Gasteiger partial charge is 0.482 e. The second kappa shape index (κ2) is 5.48. The fourth-order valence-electron chi connectivity index (χ4n) is 2.15. The van der Waals surface area contributed by atoms with Gasteiger partial charge in [-0.1, -0.05) is 6.07 Å². The number of nitrogens with one attached hydrogen (secondary N) is 2. The molecule has 0 fully saturated rings. The molecule has 0 atom stereocenters. The van der Waals surface area contributed by atoms with E-state index in [0.29, 0.717) is 17.0 Å². The van der Waals surface area contributed by atoms with Crippen molar-refractivity contribution in [2.24, 2.45) is 0 Å². The molecule has 0 radical (unpaired) electrons. The summed E-state index contributed by atoms with van der Waals surface area (Å²) in [6.07, 6.45) is 0. The van der Waals surface area contributed by atoms with Crippen molar-refractivity contribution in [3.05, 3.63) is 53.3 Å².